The largest absolute Gasteiger partial charge is 0.486 e. The molecule has 0 radical (unpaired) electrons. The Morgan fingerprint density at radius 3 is 3.00 bits per heavy atom. The molecule has 0 aliphatic carbocycles. The average Bonchev–Trinajstić information content (AvgIpc) is 2.74. The predicted octanol–water partition coefficient (Wildman–Crippen LogP) is 2.73. The van der Waals surface area contributed by atoms with Crippen LogP contribution in [0, 0.1) is 6.92 Å². The van der Waals surface area contributed by atoms with E-state index in [4.69, 9.17) is 9.84 Å². The van der Waals surface area contributed by atoms with Crippen molar-refractivity contribution < 1.29 is 14.6 Å². The highest BCUT2D eigenvalue weighted by Crippen LogP contribution is 2.25. The number of aromatic nitrogens is 1. The SMILES string of the molecule is Cc1cccc(COc2ccsc2C(=O)O)n1. The second-order valence-corrected chi connectivity index (χ2v) is 4.39. The third kappa shape index (κ3) is 2.82. The fourth-order valence-electron chi connectivity index (χ4n) is 1.40. The molecule has 1 N–H and O–H groups in total. The Balaban J connectivity index is 2.07. The molecule has 5 heteroatoms. The van der Waals surface area contributed by atoms with Crippen LogP contribution in [0.15, 0.2) is 29.6 Å². The second kappa shape index (κ2) is 4.97. The number of thiophene rings is 1. The van der Waals surface area contributed by atoms with Gasteiger partial charge in [-0.1, -0.05) is 6.07 Å². The van der Waals surface area contributed by atoms with Crippen LogP contribution in [0.2, 0.25) is 0 Å². The normalized spacial score (nSPS) is 10.2. The lowest BCUT2D eigenvalue weighted by atomic mass is 10.3. The predicted molar refractivity (Wildman–Crippen MR) is 64.6 cm³/mol. The molecule has 0 fully saturated rings. The smallest absolute Gasteiger partial charge is 0.349 e. The number of carboxylic acid groups (broad SMARTS) is 1. The van der Waals surface area contributed by atoms with E-state index in [0.717, 1.165) is 22.7 Å². The van der Waals surface area contributed by atoms with Crippen molar-refractivity contribution in [2.45, 2.75) is 13.5 Å². The first-order valence-electron chi connectivity index (χ1n) is 5.03. The third-order valence-electron chi connectivity index (χ3n) is 2.14. The molecule has 0 saturated heterocycles. The van der Waals surface area contributed by atoms with E-state index in [1.165, 1.54) is 0 Å². The van der Waals surface area contributed by atoms with Gasteiger partial charge in [-0.2, -0.15) is 0 Å². The highest BCUT2D eigenvalue weighted by molar-refractivity contribution is 7.12. The van der Waals surface area contributed by atoms with Gasteiger partial charge in [-0.25, -0.2) is 4.79 Å². The lowest BCUT2D eigenvalue weighted by molar-refractivity contribution is 0.0697. The fourth-order valence-corrected chi connectivity index (χ4v) is 2.07. The van der Waals surface area contributed by atoms with Crippen molar-refractivity contribution in [3.63, 3.8) is 0 Å². The quantitative estimate of drug-likeness (QED) is 0.905. The molecule has 17 heavy (non-hydrogen) atoms. The van der Waals surface area contributed by atoms with Crippen LogP contribution in [-0.4, -0.2) is 16.1 Å². The zero-order chi connectivity index (χ0) is 12.3. The van der Waals surface area contributed by atoms with Crippen LogP contribution >= 0.6 is 11.3 Å². The number of hydrogen-bond acceptors (Lipinski definition) is 4. The number of ether oxygens (including phenoxy) is 1. The Morgan fingerprint density at radius 1 is 1.47 bits per heavy atom. The molecule has 88 valence electrons. The van der Waals surface area contributed by atoms with Crippen molar-refractivity contribution in [3.8, 4) is 5.75 Å². The van der Waals surface area contributed by atoms with Gasteiger partial charge in [-0.3, -0.25) is 4.98 Å². The standard InChI is InChI=1S/C12H11NO3S/c1-8-3-2-4-9(13-8)7-16-10-5-6-17-11(10)12(14)15/h2-6H,7H2,1H3,(H,14,15). The van der Waals surface area contributed by atoms with E-state index >= 15 is 0 Å². The van der Waals surface area contributed by atoms with E-state index in [1.54, 1.807) is 11.4 Å². The number of hydrogen-bond donors (Lipinski definition) is 1. The van der Waals surface area contributed by atoms with Gasteiger partial charge in [0.25, 0.3) is 0 Å². The summed E-state index contributed by atoms with van der Waals surface area (Å²) in [6.07, 6.45) is 0. The number of carbonyl (C=O) groups is 1. The summed E-state index contributed by atoms with van der Waals surface area (Å²) in [6.45, 7) is 2.18. The molecule has 2 heterocycles. The maximum atomic E-state index is 10.9. The van der Waals surface area contributed by atoms with Crippen molar-refractivity contribution in [2.75, 3.05) is 0 Å². The van der Waals surface area contributed by atoms with Gasteiger partial charge in [-0.15, -0.1) is 11.3 Å². The molecule has 0 aliphatic heterocycles. The molecule has 0 amide bonds. The van der Waals surface area contributed by atoms with E-state index in [2.05, 4.69) is 4.98 Å². The van der Waals surface area contributed by atoms with Gasteiger partial charge in [0, 0.05) is 5.69 Å². The minimum atomic E-state index is -0.966. The first kappa shape index (κ1) is 11.6. The van der Waals surface area contributed by atoms with E-state index in [9.17, 15) is 4.79 Å². The van der Waals surface area contributed by atoms with Crippen molar-refractivity contribution in [1.29, 1.82) is 0 Å². The summed E-state index contributed by atoms with van der Waals surface area (Å²) in [5.41, 5.74) is 1.70. The summed E-state index contributed by atoms with van der Waals surface area (Å²) in [5.74, 6) is -0.571. The summed E-state index contributed by atoms with van der Waals surface area (Å²) in [5, 5.41) is 10.6. The first-order chi connectivity index (χ1) is 8.16. The monoisotopic (exact) mass is 249 g/mol. The summed E-state index contributed by atoms with van der Waals surface area (Å²) in [4.78, 5) is 15.4. The summed E-state index contributed by atoms with van der Waals surface area (Å²) >= 11 is 1.15. The highest BCUT2D eigenvalue weighted by Gasteiger charge is 2.12. The minimum absolute atomic E-state index is 0.220. The topological polar surface area (TPSA) is 59.4 Å². The lowest BCUT2D eigenvalue weighted by Gasteiger charge is -2.05. The zero-order valence-corrected chi connectivity index (χ0v) is 10.0. The van der Waals surface area contributed by atoms with Crippen LogP contribution in [-0.2, 0) is 6.61 Å². The molecule has 0 unspecified atom stereocenters. The first-order valence-corrected chi connectivity index (χ1v) is 5.91. The van der Waals surface area contributed by atoms with Gasteiger partial charge < -0.3 is 9.84 Å². The third-order valence-corrected chi connectivity index (χ3v) is 3.03. The Kier molecular flexibility index (Phi) is 3.39. The molecule has 4 nitrogen and oxygen atoms in total. The number of carboxylic acids is 1. The summed E-state index contributed by atoms with van der Waals surface area (Å²) in [6, 6.07) is 7.30. The van der Waals surface area contributed by atoms with E-state index in [1.807, 2.05) is 25.1 Å². The second-order valence-electron chi connectivity index (χ2n) is 3.48. The Morgan fingerprint density at radius 2 is 2.29 bits per heavy atom. The molecule has 2 aromatic rings. The van der Waals surface area contributed by atoms with Crippen LogP contribution < -0.4 is 4.74 Å². The van der Waals surface area contributed by atoms with E-state index < -0.39 is 5.97 Å². The zero-order valence-electron chi connectivity index (χ0n) is 9.21. The molecule has 2 rings (SSSR count). The average molecular weight is 249 g/mol. The lowest BCUT2D eigenvalue weighted by Crippen LogP contribution is -2.02. The molecule has 0 bridgehead atoms. The van der Waals surface area contributed by atoms with Crippen molar-refractivity contribution in [1.82, 2.24) is 4.98 Å². The molecule has 0 saturated carbocycles. The van der Waals surface area contributed by atoms with Crippen molar-refractivity contribution in [3.05, 3.63) is 45.9 Å². The molecule has 0 aliphatic rings. The van der Waals surface area contributed by atoms with Crippen LogP contribution in [0.25, 0.3) is 0 Å². The van der Waals surface area contributed by atoms with E-state index in [0.29, 0.717) is 5.75 Å². The summed E-state index contributed by atoms with van der Waals surface area (Å²) < 4.78 is 5.45. The molecule has 0 atom stereocenters. The molecule has 2 aromatic heterocycles. The van der Waals surface area contributed by atoms with Crippen LogP contribution in [0.4, 0.5) is 0 Å². The van der Waals surface area contributed by atoms with Crippen LogP contribution in [0.1, 0.15) is 21.1 Å². The highest BCUT2D eigenvalue weighted by atomic mass is 32.1. The number of aryl methyl sites for hydroxylation is 1. The Hall–Kier alpha value is -1.88. The number of rotatable bonds is 4. The van der Waals surface area contributed by atoms with Crippen LogP contribution in [0.5, 0.6) is 5.75 Å². The van der Waals surface area contributed by atoms with Gasteiger partial charge in [0.1, 0.15) is 12.4 Å². The molecule has 0 aromatic carbocycles. The Bertz CT molecular complexity index is 536. The minimum Gasteiger partial charge on any atom is -0.486 e. The molecular weight excluding hydrogens is 238 g/mol. The Labute approximate surface area is 103 Å². The number of pyridine rings is 1. The van der Waals surface area contributed by atoms with Crippen molar-refractivity contribution >= 4 is 17.3 Å². The van der Waals surface area contributed by atoms with Crippen molar-refractivity contribution in [2.24, 2.45) is 0 Å². The maximum absolute atomic E-state index is 10.9. The number of aromatic carboxylic acids is 1. The van der Waals surface area contributed by atoms with Gasteiger partial charge >= 0.3 is 5.97 Å². The van der Waals surface area contributed by atoms with Gasteiger partial charge in [0.05, 0.1) is 5.69 Å². The molecular formula is C12H11NO3S. The van der Waals surface area contributed by atoms with Gasteiger partial charge in [-0.05, 0) is 30.5 Å². The van der Waals surface area contributed by atoms with Gasteiger partial charge in [0.2, 0.25) is 0 Å². The van der Waals surface area contributed by atoms with Gasteiger partial charge in [0.15, 0.2) is 4.88 Å². The van der Waals surface area contributed by atoms with E-state index in [-0.39, 0.29) is 11.5 Å². The summed E-state index contributed by atoms with van der Waals surface area (Å²) in [7, 11) is 0. The fraction of sp³-hybridized carbons (Fsp3) is 0.167. The maximum Gasteiger partial charge on any atom is 0.349 e. The molecule has 0 spiro atoms. The number of nitrogens with zero attached hydrogens (tertiary/aromatic N) is 1. The van der Waals surface area contributed by atoms with Crippen LogP contribution in [0.3, 0.4) is 0 Å².